The number of phosphoric acid groups is 1. The molecule has 0 bridgehead atoms. The van der Waals surface area contributed by atoms with E-state index in [1.807, 2.05) is 33.3 Å². The lowest BCUT2D eigenvalue weighted by Crippen LogP contribution is -2.47. The average Bonchev–Trinajstić information content (AvgIpc) is 3.35. The lowest BCUT2D eigenvalue weighted by Gasteiger charge is -2.27. The molecular formula is C63H120N2O7P+. The summed E-state index contributed by atoms with van der Waals surface area (Å²) in [6.07, 6.45) is 65.3. The number of amides is 1. The molecule has 0 fully saturated rings. The molecule has 2 N–H and O–H groups in total. The monoisotopic (exact) mass is 1050 g/mol. The van der Waals surface area contributed by atoms with E-state index >= 15 is 0 Å². The summed E-state index contributed by atoms with van der Waals surface area (Å²) < 4.78 is 30.7. The van der Waals surface area contributed by atoms with Gasteiger partial charge in [-0.15, -0.1) is 0 Å². The Kier molecular flexibility index (Phi) is 51.9. The van der Waals surface area contributed by atoms with Gasteiger partial charge in [0, 0.05) is 12.8 Å². The predicted octanol–water partition coefficient (Wildman–Crippen LogP) is 18.9. The molecule has 3 unspecified atom stereocenters. The number of hydrogen-bond acceptors (Lipinski definition) is 6. The van der Waals surface area contributed by atoms with Crippen molar-refractivity contribution in [2.24, 2.45) is 0 Å². The van der Waals surface area contributed by atoms with Crippen molar-refractivity contribution in [2.45, 2.75) is 303 Å². The second-order valence-electron chi connectivity index (χ2n) is 22.2. The molecule has 0 rings (SSSR count). The van der Waals surface area contributed by atoms with Crippen LogP contribution in [-0.4, -0.2) is 74.3 Å². The summed E-state index contributed by atoms with van der Waals surface area (Å²) >= 11 is 0. The van der Waals surface area contributed by atoms with Crippen molar-refractivity contribution in [1.82, 2.24) is 5.32 Å². The maximum Gasteiger partial charge on any atom is 0.472 e. The van der Waals surface area contributed by atoms with Crippen LogP contribution < -0.4 is 5.32 Å². The third kappa shape index (κ3) is 54.6. The van der Waals surface area contributed by atoms with Gasteiger partial charge in [-0.05, 0) is 89.5 Å². The fourth-order valence-electron chi connectivity index (χ4n) is 8.91. The van der Waals surface area contributed by atoms with Gasteiger partial charge in [0.1, 0.15) is 19.3 Å². The first-order valence-electron chi connectivity index (χ1n) is 31.0. The summed E-state index contributed by atoms with van der Waals surface area (Å²) in [5.41, 5.74) is 0. The van der Waals surface area contributed by atoms with Crippen LogP contribution in [0.4, 0.5) is 0 Å². The first kappa shape index (κ1) is 71.0. The molecule has 10 heteroatoms. The maximum atomic E-state index is 13.5. The first-order chi connectivity index (χ1) is 35.4. The number of rotatable bonds is 56. The number of carbonyl (C=O) groups is 2. The number of esters is 1. The van der Waals surface area contributed by atoms with Crippen LogP contribution in [0.25, 0.3) is 0 Å². The van der Waals surface area contributed by atoms with E-state index in [-0.39, 0.29) is 31.5 Å². The normalized spacial score (nSPS) is 14.0. The molecule has 0 saturated carbocycles. The van der Waals surface area contributed by atoms with Crippen molar-refractivity contribution in [3.63, 3.8) is 0 Å². The summed E-state index contributed by atoms with van der Waals surface area (Å²) in [7, 11) is 1.49. The van der Waals surface area contributed by atoms with E-state index in [0.29, 0.717) is 17.4 Å². The van der Waals surface area contributed by atoms with Gasteiger partial charge in [0.05, 0.1) is 33.8 Å². The van der Waals surface area contributed by atoms with Crippen LogP contribution in [0.15, 0.2) is 48.6 Å². The second kappa shape index (κ2) is 53.4. The Labute approximate surface area is 452 Å². The summed E-state index contributed by atoms with van der Waals surface area (Å²) in [6.45, 7) is 7.00. The van der Waals surface area contributed by atoms with Crippen LogP contribution in [-0.2, 0) is 27.9 Å². The predicted molar refractivity (Wildman–Crippen MR) is 314 cm³/mol. The molecule has 0 radical (unpaired) electrons. The average molecular weight is 1050 g/mol. The smallest absolute Gasteiger partial charge is 0.456 e. The van der Waals surface area contributed by atoms with E-state index in [4.69, 9.17) is 13.8 Å². The van der Waals surface area contributed by atoms with Crippen LogP contribution >= 0.6 is 7.82 Å². The SMILES string of the molecule is CCCCC/C=C\C/C=C\CCCCCCCCCCCC(=O)OC(/C=C/CCCCCCCCCCCC)C(COP(=O)(O)OCC[N+](C)(C)C)NC(=O)CCCCCCC/C=C/CCCCCCCCC. The Hall–Kier alpha value is -2.03. The van der Waals surface area contributed by atoms with Gasteiger partial charge in [-0.1, -0.05) is 237 Å². The lowest BCUT2D eigenvalue weighted by molar-refractivity contribution is -0.870. The topological polar surface area (TPSA) is 111 Å². The minimum Gasteiger partial charge on any atom is -0.456 e. The first-order valence-corrected chi connectivity index (χ1v) is 32.5. The van der Waals surface area contributed by atoms with Gasteiger partial charge in [-0.3, -0.25) is 18.6 Å². The van der Waals surface area contributed by atoms with E-state index in [0.717, 1.165) is 83.5 Å². The largest absolute Gasteiger partial charge is 0.472 e. The highest BCUT2D eigenvalue weighted by Crippen LogP contribution is 2.43. The Morgan fingerprint density at radius 2 is 0.836 bits per heavy atom. The number of quaternary nitrogens is 1. The van der Waals surface area contributed by atoms with Crippen molar-refractivity contribution in [3.8, 4) is 0 Å². The van der Waals surface area contributed by atoms with Gasteiger partial charge >= 0.3 is 13.8 Å². The van der Waals surface area contributed by atoms with Gasteiger partial charge < -0.3 is 19.4 Å². The minimum absolute atomic E-state index is 0.0383. The number of ether oxygens (including phenoxy) is 1. The molecular weight excluding hydrogens is 928 g/mol. The number of carbonyl (C=O) groups excluding carboxylic acids is 2. The Balaban J connectivity index is 5.27. The Morgan fingerprint density at radius 3 is 1.27 bits per heavy atom. The highest BCUT2D eigenvalue weighted by Gasteiger charge is 2.30. The van der Waals surface area contributed by atoms with Crippen LogP contribution in [0.1, 0.15) is 290 Å². The molecule has 0 aliphatic heterocycles. The fraction of sp³-hybridized carbons (Fsp3) is 0.841. The van der Waals surface area contributed by atoms with Gasteiger partial charge in [0.15, 0.2) is 0 Å². The molecule has 0 aromatic carbocycles. The number of phosphoric ester groups is 1. The molecule has 73 heavy (non-hydrogen) atoms. The molecule has 0 heterocycles. The number of nitrogens with one attached hydrogen (secondary N) is 1. The zero-order valence-electron chi connectivity index (χ0n) is 48.9. The minimum atomic E-state index is -4.45. The van der Waals surface area contributed by atoms with Gasteiger partial charge in [0.2, 0.25) is 5.91 Å². The molecule has 0 saturated heterocycles. The molecule has 0 aliphatic rings. The van der Waals surface area contributed by atoms with E-state index < -0.39 is 20.0 Å². The van der Waals surface area contributed by atoms with E-state index in [1.54, 1.807) is 0 Å². The molecule has 3 atom stereocenters. The van der Waals surface area contributed by atoms with Crippen molar-refractivity contribution < 1.29 is 37.3 Å². The number of hydrogen-bond donors (Lipinski definition) is 2. The third-order valence-electron chi connectivity index (χ3n) is 13.7. The van der Waals surface area contributed by atoms with Gasteiger partial charge in [-0.25, -0.2) is 4.57 Å². The zero-order chi connectivity index (χ0) is 53.6. The molecule has 0 aromatic heterocycles. The fourth-order valence-corrected chi connectivity index (χ4v) is 9.64. The Morgan fingerprint density at radius 1 is 0.479 bits per heavy atom. The van der Waals surface area contributed by atoms with Crippen LogP contribution in [0.5, 0.6) is 0 Å². The van der Waals surface area contributed by atoms with E-state index in [2.05, 4.69) is 62.5 Å². The van der Waals surface area contributed by atoms with E-state index in [9.17, 15) is 19.0 Å². The molecule has 1 amide bonds. The van der Waals surface area contributed by atoms with Crippen molar-refractivity contribution >= 4 is 19.7 Å². The van der Waals surface area contributed by atoms with Crippen LogP contribution in [0.2, 0.25) is 0 Å². The quantitative estimate of drug-likeness (QED) is 0.0205. The van der Waals surface area contributed by atoms with E-state index in [1.165, 1.54) is 173 Å². The number of unbranched alkanes of at least 4 members (excludes halogenated alkanes) is 34. The number of allylic oxidation sites excluding steroid dienone is 7. The summed E-state index contributed by atoms with van der Waals surface area (Å²) in [5.74, 6) is -0.512. The molecule has 9 nitrogen and oxygen atoms in total. The van der Waals surface area contributed by atoms with Crippen LogP contribution in [0.3, 0.4) is 0 Å². The summed E-state index contributed by atoms with van der Waals surface area (Å²) in [6, 6.07) is -0.853. The zero-order valence-corrected chi connectivity index (χ0v) is 49.8. The van der Waals surface area contributed by atoms with Crippen molar-refractivity contribution in [1.29, 1.82) is 0 Å². The lowest BCUT2D eigenvalue weighted by atomic mass is 10.0. The highest BCUT2D eigenvalue weighted by molar-refractivity contribution is 7.47. The maximum absolute atomic E-state index is 13.5. The van der Waals surface area contributed by atoms with Crippen molar-refractivity contribution in [2.75, 3.05) is 40.9 Å². The molecule has 428 valence electrons. The molecule has 0 aliphatic carbocycles. The molecule has 0 aromatic rings. The highest BCUT2D eigenvalue weighted by atomic mass is 31.2. The standard InChI is InChI=1S/C63H119N2O7P/c1-7-10-13-16-19-22-25-28-30-32-33-34-36-38-41-44-47-50-53-56-63(67)72-61(54-51-48-45-42-39-27-24-21-18-15-12-9-3)60(59-71-73(68,69)70-58-57-65(4,5)6)64-62(66)55-52-49-46-43-40-37-35-31-29-26-23-20-17-14-11-8-2/h19,22,28,30-31,35,51,54,60-61H,7-18,20-21,23-27,29,32-34,36-50,52-53,55-59H2,1-6H3,(H-,64,66,68,69)/p+1/b22-19-,30-28-,35-31+,54-51+. The second-order valence-corrected chi connectivity index (χ2v) is 23.7. The third-order valence-corrected chi connectivity index (χ3v) is 14.7. The van der Waals surface area contributed by atoms with Crippen LogP contribution in [0, 0.1) is 0 Å². The van der Waals surface area contributed by atoms with Gasteiger partial charge in [-0.2, -0.15) is 0 Å². The van der Waals surface area contributed by atoms with Crippen molar-refractivity contribution in [3.05, 3.63) is 48.6 Å². The number of nitrogens with zero attached hydrogens (tertiary/aromatic N) is 1. The Bertz CT molecular complexity index is 1390. The summed E-state index contributed by atoms with van der Waals surface area (Å²) in [4.78, 5) is 37.7. The number of likely N-dealkylation sites (N-methyl/N-ethyl adjacent to an activating group) is 1. The summed E-state index contributed by atoms with van der Waals surface area (Å²) in [5, 5.41) is 3.05. The molecule has 0 spiro atoms. The van der Waals surface area contributed by atoms with Gasteiger partial charge in [0.25, 0.3) is 0 Å².